The van der Waals surface area contributed by atoms with Gasteiger partial charge in [0.05, 0.1) is 25.0 Å². The van der Waals surface area contributed by atoms with Crippen LogP contribution < -0.4 is 4.90 Å². The van der Waals surface area contributed by atoms with E-state index in [0.717, 1.165) is 6.20 Å². The highest BCUT2D eigenvalue weighted by Gasteiger charge is 2.38. The second-order valence-electron chi connectivity index (χ2n) is 10.4. The summed E-state index contributed by atoms with van der Waals surface area (Å²) < 4.78 is 41.3. The molecule has 4 aromatic rings. The lowest BCUT2D eigenvalue weighted by Gasteiger charge is -2.40. The molecule has 4 heterocycles. The van der Waals surface area contributed by atoms with Crippen LogP contribution in [0, 0.1) is 11.6 Å². The predicted molar refractivity (Wildman–Crippen MR) is 141 cm³/mol. The van der Waals surface area contributed by atoms with Crippen molar-refractivity contribution in [2.24, 2.45) is 0 Å². The molecule has 1 saturated heterocycles. The van der Waals surface area contributed by atoms with E-state index in [2.05, 4.69) is 20.2 Å². The minimum Gasteiger partial charge on any atom is -0.480 e. The lowest BCUT2D eigenvalue weighted by molar-refractivity contribution is -0.139. The van der Waals surface area contributed by atoms with Gasteiger partial charge in [-0.3, -0.25) is 4.68 Å². The van der Waals surface area contributed by atoms with Crippen LogP contribution in [-0.2, 0) is 16.1 Å². The van der Waals surface area contributed by atoms with Gasteiger partial charge in [0.15, 0.2) is 17.5 Å². The number of hydrogen-bond donors (Lipinski definition) is 1. The van der Waals surface area contributed by atoms with Crippen LogP contribution in [0.1, 0.15) is 26.3 Å². The Labute approximate surface area is 233 Å². The molecule has 0 radical (unpaired) electrons. The molecule has 1 aromatic carbocycles. The van der Waals surface area contributed by atoms with Crippen molar-refractivity contribution in [1.29, 1.82) is 0 Å². The zero-order valence-electron chi connectivity index (χ0n) is 22.5. The molecule has 0 saturated carbocycles. The summed E-state index contributed by atoms with van der Waals surface area (Å²) in [6.07, 6.45) is 1.65. The number of anilines is 1. The van der Waals surface area contributed by atoms with Crippen LogP contribution in [0.15, 0.2) is 53.4 Å². The van der Waals surface area contributed by atoms with Crippen LogP contribution in [0.3, 0.4) is 0 Å². The van der Waals surface area contributed by atoms with Crippen molar-refractivity contribution in [2.75, 3.05) is 24.5 Å². The van der Waals surface area contributed by atoms with E-state index in [-0.39, 0.29) is 43.5 Å². The average Bonchev–Trinajstić information content (AvgIpc) is 3.59. The molecular weight excluding hydrogens is 540 g/mol. The first kappa shape index (κ1) is 27.7. The largest absolute Gasteiger partial charge is 0.480 e. The summed E-state index contributed by atoms with van der Waals surface area (Å²) in [5, 5.41) is 18.4. The Morgan fingerprint density at radius 2 is 1.90 bits per heavy atom. The number of benzene rings is 1. The maximum atomic E-state index is 15.1. The van der Waals surface area contributed by atoms with Gasteiger partial charge in [-0.25, -0.2) is 28.3 Å². The molecule has 1 amide bonds. The average molecular weight is 568 g/mol. The topological polar surface area (TPSA) is 140 Å². The molecule has 3 aromatic heterocycles. The van der Waals surface area contributed by atoms with Crippen molar-refractivity contribution >= 4 is 17.9 Å². The molecule has 1 N–H and O–H groups in total. The second kappa shape index (κ2) is 10.9. The van der Waals surface area contributed by atoms with Gasteiger partial charge in [0.1, 0.15) is 35.1 Å². The number of nitrogens with zero attached hydrogens (tertiary/aromatic N) is 7. The predicted octanol–water partition coefficient (Wildman–Crippen LogP) is 3.83. The molecule has 41 heavy (non-hydrogen) atoms. The van der Waals surface area contributed by atoms with E-state index in [1.54, 1.807) is 51.1 Å². The Bertz CT molecular complexity index is 1570. The monoisotopic (exact) mass is 567 g/mol. The van der Waals surface area contributed by atoms with Crippen LogP contribution in [0.4, 0.5) is 19.4 Å². The van der Waals surface area contributed by atoms with Crippen LogP contribution in [-0.4, -0.2) is 78.3 Å². The summed E-state index contributed by atoms with van der Waals surface area (Å²) in [6, 6.07) is 8.16. The number of carbonyl (C=O) groups is 2. The molecule has 0 bridgehead atoms. The van der Waals surface area contributed by atoms with Crippen LogP contribution in [0.5, 0.6) is 0 Å². The van der Waals surface area contributed by atoms with E-state index in [1.165, 1.54) is 26.8 Å². The molecule has 1 fully saturated rings. The van der Waals surface area contributed by atoms with Gasteiger partial charge in [-0.05, 0) is 32.9 Å². The van der Waals surface area contributed by atoms with Crippen LogP contribution in [0.2, 0.25) is 0 Å². The number of hydrogen-bond acceptors (Lipinski definition) is 9. The maximum Gasteiger partial charge on any atom is 0.410 e. The lowest BCUT2D eigenvalue weighted by Crippen LogP contribution is -2.59. The molecule has 1 aliphatic heterocycles. The van der Waals surface area contributed by atoms with Crippen molar-refractivity contribution in [3.63, 3.8) is 0 Å². The molecular formula is C27H27F2N7O5. The molecule has 5 rings (SSSR count). The highest BCUT2D eigenvalue weighted by Crippen LogP contribution is 2.28. The third kappa shape index (κ3) is 6.00. The molecule has 1 unspecified atom stereocenters. The maximum absolute atomic E-state index is 15.1. The van der Waals surface area contributed by atoms with E-state index in [9.17, 15) is 19.1 Å². The first-order chi connectivity index (χ1) is 19.5. The Morgan fingerprint density at radius 1 is 1.12 bits per heavy atom. The SMILES string of the molecule is CC(C)(C)OC(=O)N1CCN(c2nc(-c3cc(-c4ccon4)n(Cc4ccccc4F)n3)ncc2F)C(C(=O)O)C1. The molecule has 0 aliphatic carbocycles. The van der Waals surface area contributed by atoms with Crippen molar-refractivity contribution in [2.45, 2.75) is 39.0 Å². The number of rotatable bonds is 6. The zero-order chi connectivity index (χ0) is 29.3. The molecule has 12 nitrogen and oxygen atoms in total. The summed E-state index contributed by atoms with van der Waals surface area (Å²) in [4.78, 5) is 35.7. The van der Waals surface area contributed by atoms with E-state index < -0.39 is 35.3 Å². The zero-order valence-corrected chi connectivity index (χ0v) is 22.5. The number of piperazine rings is 1. The fraction of sp³-hybridized carbons (Fsp3) is 0.333. The van der Waals surface area contributed by atoms with Crippen LogP contribution in [0.25, 0.3) is 22.9 Å². The van der Waals surface area contributed by atoms with Gasteiger partial charge in [-0.15, -0.1) is 0 Å². The van der Waals surface area contributed by atoms with Crippen molar-refractivity contribution in [1.82, 2.24) is 29.8 Å². The highest BCUT2D eigenvalue weighted by molar-refractivity contribution is 5.80. The number of halogens is 2. The molecule has 1 atom stereocenters. The van der Waals surface area contributed by atoms with Gasteiger partial charge in [0.2, 0.25) is 0 Å². The Kier molecular flexibility index (Phi) is 7.39. The van der Waals surface area contributed by atoms with Gasteiger partial charge in [0.25, 0.3) is 0 Å². The number of aliphatic carboxylic acids is 1. The van der Waals surface area contributed by atoms with Gasteiger partial charge < -0.3 is 24.2 Å². The quantitative estimate of drug-likeness (QED) is 0.366. The lowest BCUT2D eigenvalue weighted by atomic mass is 10.1. The number of ether oxygens (including phenoxy) is 1. The summed E-state index contributed by atoms with van der Waals surface area (Å²) in [5.41, 5.74) is 0.730. The number of amides is 1. The van der Waals surface area contributed by atoms with Gasteiger partial charge in [0, 0.05) is 24.7 Å². The summed E-state index contributed by atoms with van der Waals surface area (Å²) in [7, 11) is 0. The van der Waals surface area contributed by atoms with E-state index in [1.807, 2.05) is 0 Å². The van der Waals surface area contributed by atoms with E-state index in [4.69, 9.17) is 9.26 Å². The fourth-order valence-corrected chi connectivity index (χ4v) is 4.41. The Morgan fingerprint density at radius 3 is 2.59 bits per heavy atom. The molecule has 14 heteroatoms. The minimum absolute atomic E-state index is 0.0112. The third-order valence-corrected chi connectivity index (χ3v) is 6.30. The van der Waals surface area contributed by atoms with Gasteiger partial charge >= 0.3 is 12.1 Å². The molecule has 0 spiro atoms. The third-order valence-electron chi connectivity index (χ3n) is 6.30. The summed E-state index contributed by atoms with van der Waals surface area (Å²) in [6.45, 7) is 5.01. The number of carbonyl (C=O) groups excluding carboxylic acids is 1. The van der Waals surface area contributed by atoms with E-state index in [0.29, 0.717) is 17.0 Å². The first-order valence-corrected chi connectivity index (χ1v) is 12.7. The number of carboxylic acid groups (broad SMARTS) is 1. The van der Waals surface area contributed by atoms with Gasteiger partial charge in [-0.1, -0.05) is 23.4 Å². The Hall–Kier alpha value is -4.88. The number of aromatic nitrogens is 5. The smallest absolute Gasteiger partial charge is 0.410 e. The van der Waals surface area contributed by atoms with Crippen LogP contribution >= 0.6 is 0 Å². The molecule has 1 aliphatic rings. The van der Waals surface area contributed by atoms with Gasteiger partial charge in [-0.2, -0.15) is 5.10 Å². The second-order valence-corrected chi connectivity index (χ2v) is 10.4. The van der Waals surface area contributed by atoms with Crippen molar-refractivity contribution < 1.29 is 32.7 Å². The van der Waals surface area contributed by atoms with E-state index >= 15 is 4.39 Å². The number of carboxylic acids is 1. The highest BCUT2D eigenvalue weighted by atomic mass is 19.1. The standard InChI is InChI=1S/C27H27F2N7O5/c1-27(2,3)41-26(39)34-9-10-35(22(15-34)25(37)38)24-18(29)13-30-23(31-24)20-12-21(19-8-11-40-33-19)36(32-20)14-16-6-4-5-7-17(16)28/h4-8,11-13,22H,9-10,14-15H2,1-3H3,(H,37,38). The summed E-state index contributed by atoms with van der Waals surface area (Å²) >= 11 is 0. The minimum atomic E-state index is -1.29. The summed E-state index contributed by atoms with van der Waals surface area (Å²) in [5.74, 6) is -2.76. The first-order valence-electron chi connectivity index (χ1n) is 12.7. The van der Waals surface area contributed by atoms with Crippen molar-refractivity contribution in [3.8, 4) is 22.9 Å². The molecule has 214 valence electrons. The Balaban J connectivity index is 1.47. The van der Waals surface area contributed by atoms with Crippen molar-refractivity contribution in [3.05, 3.63) is 66.1 Å². The normalized spacial score (nSPS) is 15.7. The fourth-order valence-electron chi connectivity index (χ4n) is 4.41.